The number of hydrogen-bond acceptors (Lipinski definition) is 2. The number of nitrogens with two attached hydrogens (primary N) is 1. The van der Waals surface area contributed by atoms with E-state index in [1.807, 2.05) is 0 Å². The zero-order valence-electron chi connectivity index (χ0n) is 12.1. The minimum absolute atomic E-state index is 0.335. The summed E-state index contributed by atoms with van der Waals surface area (Å²) in [6.07, 6.45) is 8.73. The van der Waals surface area contributed by atoms with Gasteiger partial charge in [-0.05, 0) is 57.4 Å². The van der Waals surface area contributed by atoms with E-state index in [9.17, 15) is 0 Å². The van der Waals surface area contributed by atoms with Gasteiger partial charge in [-0.2, -0.15) is 0 Å². The van der Waals surface area contributed by atoms with E-state index in [2.05, 4.69) is 31.2 Å². The molecule has 2 heteroatoms. The average Bonchev–Trinajstić information content (AvgIpc) is 2.90. The molecule has 1 aromatic rings. The minimum Gasteiger partial charge on any atom is -0.378 e. The van der Waals surface area contributed by atoms with Gasteiger partial charge >= 0.3 is 0 Å². The van der Waals surface area contributed by atoms with Gasteiger partial charge in [0.05, 0.1) is 6.10 Å². The molecule has 2 rings (SSSR count). The van der Waals surface area contributed by atoms with Gasteiger partial charge in [0.25, 0.3) is 0 Å². The molecule has 1 heterocycles. The van der Waals surface area contributed by atoms with E-state index in [1.54, 1.807) is 0 Å². The van der Waals surface area contributed by atoms with Crippen LogP contribution in [0.5, 0.6) is 0 Å². The standard InChI is InChI=1S/C17H27NO/c1-14-5-2-6-15(13-14)10-11-16(18)7-3-8-17-9-4-12-19-17/h2,5-6,13,16-17H,3-4,7-12,18H2,1H3. The lowest BCUT2D eigenvalue weighted by molar-refractivity contribution is 0.101. The summed E-state index contributed by atoms with van der Waals surface area (Å²) in [5.74, 6) is 0. The van der Waals surface area contributed by atoms with Crippen LogP contribution in [0.3, 0.4) is 0 Å². The van der Waals surface area contributed by atoms with Gasteiger partial charge in [-0.1, -0.05) is 29.8 Å². The Hall–Kier alpha value is -0.860. The molecule has 2 unspecified atom stereocenters. The van der Waals surface area contributed by atoms with Crippen molar-refractivity contribution in [2.45, 2.75) is 64.0 Å². The fraction of sp³-hybridized carbons (Fsp3) is 0.647. The van der Waals surface area contributed by atoms with Crippen molar-refractivity contribution in [2.24, 2.45) is 5.73 Å². The van der Waals surface area contributed by atoms with Crippen LogP contribution in [0.15, 0.2) is 24.3 Å². The molecule has 1 saturated heterocycles. The minimum atomic E-state index is 0.335. The summed E-state index contributed by atoms with van der Waals surface area (Å²) < 4.78 is 5.64. The predicted octanol–water partition coefficient (Wildman–Crippen LogP) is 3.60. The maximum absolute atomic E-state index is 6.20. The number of rotatable bonds is 7. The Morgan fingerprint density at radius 1 is 1.37 bits per heavy atom. The molecule has 1 aromatic carbocycles. The highest BCUT2D eigenvalue weighted by atomic mass is 16.5. The molecule has 2 atom stereocenters. The summed E-state index contributed by atoms with van der Waals surface area (Å²) in [7, 11) is 0. The van der Waals surface area contributed by atoms with Gasteiger partial charge < -0.3 is 10.5 Å². The third-order valence-corrected chi connectivity index (χ3v) is 4.01. The molecule has 0 bridgehead atoms. The van der Waals surface area contributed by atoms with E-state index < -0.39 is 0 Å². The van der Waals surface area contributed by atoms with Gasteiger partial charge in [-0.15, -0.1) is 0 Å². The summed E-state index contributed by atoms with van der Waals surface area (Å²) in [6, 6.07) is 9.08. The highest BCUT2D eigenvalue weighted by Gasteiger charge is 2.15. The van der Waals surface area contributed by atoms with Crippen molar-refractivity contribution >= 4 is 0 Å². The van der Waals surface area contributed by atoms with Crippen LogP contribution in [0.4, 0.5) is 0 Å². The highest BCUT2D eigenvalue weighted by molar-refractivity contribution is 5.22. The zero-order valence-corrected chi connectivity index (χ0v) is 12.1. The van der Waals surface area contributed by atoms with E-state index in [4.69, 9.17) is 10.5 Å². The molecular formula is C17H27NO. The van der Waals surface area contributed by atoms with Crippen molar-refractivity contribution in [2.75, 3.05) is 6.61 Å². The fourth-order valence-corrected chi connectivity index (χ4v) is 2.84. The maximum Gasteiger partial charge on any atom is 0.0576 e. The normalized spacial score (nSPS) is 20.6. The number of benzene rings is 1. The Kier molecular flexibility index (Phi) is 5.87. The van der Waals surface area contributed by atoms with Crippen LogP contribution in [-0.4, -0.2) is 18.8 Å². The average molecular weight is 261 g/mol. The largest absolute Gasteiger partial charge is 0.378 e. The Morgan fingerprint density at radius 2 is 2.26 bits per heavy atom. The van der Waals surface area contributed by atoms with E-state index >= 15 is 0 Å². The Balaban J connectivity index is 1.60. The van der Waals surface area contributed by atoms with Crippen molar-refractivity contribution in [3.63, 3.8) is 0 Å². The number of hydrogen-bond donors (Lipinski definition) is 1. The van der Waals surface area contributed by atoms with E-state index in [0.29, 0.717) is 12.1 Å². The smallest absolute Gasteiger partial charge is 0.0576 e. The zero-order chi connectivity index (χ0) is 13.5. The molecule has 0 radical (unpaired) electrons. The summed E-state index contributed by atoms with van der Waals surface area (Å²) in [5, 5.41) is 0. The van der Waals surface area contributed by atoms with E-state index in [1.165, 1.54) is 36.8 Å². The molecule has 0 aromatic heterocycles. The second kappa shape index (κ2) is 7.66. The second-order valence-electron chi connectivity index (χ2n) is 5.85. The Morgan fingerprint density at radius 3 is 3.00 bits per heavy atom. The molecular weight excluding hydrogens is 234 g/mol. The van der Waals surface area contributed by atoms with E-state index in [-0.39, 0.29) is 0 Å². The van der Waals surface area contributed by atoms with Gasteiger partial charge in [0.15, 0.2) is 0 Å². The summed E-state index contributed by atoms with van der Waals surface area (Å²) in [6.45, 7) is 3.11. The van der Waals surface area contributed by atoms with Gasteiger partial charge in [0, 0.05) is 12.6 Å². The van der Waals surface area contributed by atoms with Crippen LogP contribution in [-0.2, 0) is 11.2 Å². The first-order valence-corrected chi connectivity index (χ1v) is 7.67. The van der Waals surface area contributed by atoms with Crippen LogP contribution >= 0.6 is 0 Å². The Labute approximate surface area is 117 Å². The van der Waals surface area contributed by atoms with Gasteiger partial charge in [-0.25, -0.2) is 0 Å². The number of aryl methyl sites for hydroxylation is 2. The van der Waals surface area contributed by atoms with Crippen molar-refractivity contribution in [3.8, 4) is 0 Å². The first-order valence-electron chi connectivity index (χ1n) is 7.67. The first-order chi connectivity index (χ1) is 9.24. The molecule has 2 N–H and O–H groups in total. The van der Waals surface area contributed by atoms with Crippen molar-refractivity contribution < 1.29 is 4.74 Å². The summed E-state index contributed by atoms with van der Waals surface area (Å²) in [4.78, 5) is 0. The number of ether oxygens (including phenoxy) is 1. The van der Waals surface area contributed by atoms with Crippen LogP contribution < -0.4 is 5.73 Å². The Bertz CT molecular complexity index is 371. The van der Waals surface area contributed by atoms with Crippen molar-refractivity contribution in [1.29, 1.82) is 0 Å². The monoisotopic (exact) mass is 261 g/mol. The highest BCUT2D eigenvalue weighted by Crippen LogP contribution is 2.18. The molecule has 1 aliphatic rings. The molecule has 1 fully saturated rings. The summed E-state index contributed by atoms with van der Waals surface area (Å²) >= 11 is 0. The van der Waals surface area contributed by atoms with Crippen molar-refractivity contribution in [1.82, 2.24) is 0 Å². The third-order valence-electron chi connectivity index (χ3n) is 4.01. The lowest BCUT2D eigenvalue weighted by Crippen LogP contribution is -2.21. The molecule has 0 spiro atoms. The van der Waals surface area contributed by atoms with Crippen LogP contribution in [0.1, 0.15) is 49.7 Å². The SMILES string of the molecule is Cc1cccc(CCC(N)CCCC2CCCO2)c1. The van der Waals surface area contributed by atoms with E-state index in [0.717, 1.165) is 25.9 Å². The van der Waals surface area contributed by atoms with Crippen LogP contribution in [0.2, 0.25) is 0 Å². The molecule has 106 valence electrons. The molecule has 0 saturated carbocycles. The molecule has 1 aliphatic heterocycles. The van der Waals surface area contributed by atoms with Crippen molar-refractivity contribution in [3.05, 3.63) is 35.4 Å². The topological polar surface area (TPSA) is 35.2 Å². The van der Waals surface area contributed by atoms with Crippen LogP contribution in [0, 0.1) is 6.92 Å². The first kappa shape index (κ1) is 14.5. The van der Waals surface area contributed by atoms with Gasteiger partial charge in [0.1, 0.15) is 0 Å². The molecule has 0 aliphatic carbocycles. The molecule has 2 nitrogen and oxygen atoms in total. The molecule has 19 heavy (non-hydrogen) atoms. The van der Waals surface area contributed by atoms with Gasteiger partial charge in [-0.3, -0.25) is 0 Å². The predicted molar refractivity (Wildman–Crippen MR) is 80.3 cm³/mol. The van der Waals surface area contributed by atoms with Gasteiger partial charge in [0.2, 0.25) is 0 Å². The maximum atomic E-state index is 6.20. The second-order valence-corrected chi connectivity index (χ2v) is 5.85. The summed E-state index contributed by atoms with van der Waals surface area (Å²) in [5.41, 5.74) is 8.95. The van der Waals surface area contributed by atoms with Crippen LogP contribution in [0.25, 0.3) is 0 Å². The fourth-order valence-electron chi connectivity index (χ4n) is 2.84. The lowest BCUT2D eigenvalue weighted by Gasteiger charge is -2.13. The quantitative estimate of drug-likeness (QED) is 0.814. The molecule has 0 amide bonds. The third kappa shape index (κ3) is 5.33. The lowest BCUT2D eigenvalue weighted by atomic mass is 9.99.